The minimum atomic E-state index is -0.150. The van der Waals surface area contributed by atoms with Gasteiger partial charge in [0.1, 0.15) is 0 Å². The summed E-state index contributed by atoms with van der Waals surface area (Å²) in [6.45, 7) is 6.86. The number of benzene rings is 1. The third-order valence-corrected chi connectivity index (χ3v) is 5.10. The number of aliphatic hydroxyl groups excluding tert-OH is 1. The fraction of sp³-hybridized carbons (Fsp3) is 0.667. The van der Waals surface area contributed by atoms with Crippen molar-refractivity contribution in [3.63, 3.8) is 0 Å². The fourth-order valence-electron chi connectivity index (χ4n) is 4.09. The molecule has 5 nitrogen and oxygen atoms in total. The highest BCUT2D eigenvalue weighted by molar-refractivity contribution is 5.57. The van der Waals surface area contributed by atoms with Crippen LogP contribution in [-0.4, -0.2) is 42.2 Å². The molecule has 0 bridgehead atoms. The second kappa shape index (κ2) is 5.96. The Labute approximate surface area is 137 Å². The number of hydrogen-bond donors (Lipinski definition) is 3. The van der Waals surface area contributed by atoms with Gasteiger partial charge in [0.05, 0.1) is 25.9 Å². The summed E-state index contributed by atoms with van der Waals surface area (Å²) in [6.07, 6.45) is 1.62. The first-order valence-electron chi connectivity index (χ1n) is 8.26. The van der Waals surface area contributed by atoms with E-state index in [1.54, 1.807) is 7.11 Å². The molecular weight excluding hydrogens is 294 g/mol. The molecule has 0 radical (unpaired) electrons. The SMILES string of the molecule is COc1c(C)cc2c(c1O)[C@H](C1COC(C)(C)C1)N[C@H](CO)C2. The maximum Gasteiger partial charge on any atom is 0.163 e. The molecule has 1 saturated heterocycles. The largest absolute Gasteiger partial charge is 0.504 e. The molecule has 2 aliphatic rings. The van der Waals surface area contributed by atoms with Crippen molar-refractivity contribution in [2.75, 3.05) is 20.3 Å². The Hall–Kier alpha value is -1.30. The lowest BCUT2D eigenvalue weighted by molar-refractivity contribution is 0.0339. The minimum Gasteiger partial charge on any atom is -0.504 e. The first-order valence-corrected chi connectivity index (χ1v) is 8.26. The van der Waals surface area contributed by atoms with Crippen molar-refractivity contribution in [3.05, 3.63) is 22.8 Å². The number of ether oxygens (including phenoxy) is 2. The summed E-state index contributed by atoms with van der Waals surface area (Å²) >= 11 is 0. The number of hydrogen-bond acceptors (Lipinski definition) is 5. The standard InChI is InChI=1S/C18H27NO4/c1-10-5-11-6-13(8-20)19-15(12-7-18(2,3)23-9-12)14(11)16(21)17(10)22-4/h5,12-13,15,19-21H,6-9H2,1-4H3/t12?,13-,15-/m0/s1. The zero-order valence-corrected chi connectivity index (χ0v) is 14.3. The summed E-state index contributed by atoms with van der Waals surface area (Å²) in [5.74, 6) is 1.02. The predicted octanol–water partition coefficient (Wildman–Crippen LogP) is 2.07. The van der Waals surface area contributed by atoms with Gasteiger partial charge in [-0.2, -0.15) is 0 Å². The van der Waals surface area contributed by atoms with Crippen molar-refractivity contribution in [3.8, 4) is 11.5 Å². The Morgan fingerprint density at radius 1 is 1.43 bits per heavy atom. The van der Waals surface area contributed by atoms with Crippen LogP contribution in [0, 0.1) is 12.8 Å². The van der Waals surface area contributed by atoms with Gasteiger partial charge in [-0.25, -0.2) is 0 Å². The Morgan fingerprint density at radius 3 is 2.74 bits per heavy atom. The van der Waals surface area contributed by atoms with Crippen molar-refractivity contribution in [1.82, 2.24) is 5.32 Å². The number of fused-ring (bicyclic) bond motifs is 1. The van der Waals surface area contributed by atoms with Gasteiger partial charge < -0.3 is 25.0 Å². The summed E-state index contributed by atoms with van der Waals surface area (Å²) in [5.41, 5.74) is 2.77. The van der Waals surface area contributed by atoms with Gasteiger partial charge in [0.2, 0.25) is 0 Å². The van der Waals surface area contributed by atoms with E-state index in [0.717, 1.165) is 23.1 Å². The molecule has 1 unspecified atom stereocenters. The number of aryl methyl sites for hydroxylation is 1. The summed E-state index contributed by atoms with van der Waals surface area (Å²) in [5, 5.41) is 23.9. The number of nitrogens with one attached hydrogen (secondary N) is 1. The van der Waals surface area contributed by atoms with Crippen LogP contribution in [-0.2, 0) is 11.2 Å². The van der Waals surface area contributed by atoms with E-state index < -0.39 is 0 Å². The lowest BCUT2D eigenvalue weighted by atomic mass is 9.80. The lowest BCUT2D eigenvalue weighted by Crippen LogP contribution is -2.45. The second-order valence-electron chi connectivity index (χ2n) is 7.41. The monoisotopic (exact) mass is 321 g/mol. The van der Waals surface area contributed by atoms with Gasteiger partial charge in [-0.3, -0.25) is 0 Å². The molecular formula is C18H27NO4. The lowest BCUT2D eigenvalue weighted by Gasteiger charge is -2.36. The van der Waals surface area contributed by atoms with Gasteiger partial charge in [-0.15, -0.1) is 0 Å². The normalized spacial score (nSPS) is 29.3. The molecule has 2 heterocycles. The third-order valence-electron chi connectivity index (χ3n) is 5.10. The molecule has 3 N–H and O–H groups in total. The molecule has 0 amide bonds. The number of phenolic OH excluding ortho intramolecular Hbond substituents is 1. The molecule has 0 spiro atoms. The molecule has 128 valence electrons. The minimum absolute atomic E-state index is 0.00315. The van der Waals surface area contributed by atoms with Crippen LogP contribution >= 0.6 is 0 Å². The molecule has 1 aromatic rings. The van der Waals surface area contributed by atoms with Crippen molar-refractivity contribution in [1.29, 1.82) is 0 Å². The van der Waals surface area contributed by atoms with Crippen LogP contribution in [0.3, 0.4) is 0 Å². The predicted molar refractivity (Wildman–Crippen MR) is 88.0 cm³/mol. The van der Waals surface area contributed by atoms with E-state index in [1.807, 2.05) is 6.92 Å². The number of aromatic hydroxyl groups is 1. The number of rotatable bonds is 3. The summed E-state index contributed by atoms with van der Waals surface area (Å²) < 4.78 is 11.3. The number of methoxy groups -OCH3 is 1. The number of aliphatic hydroxyl groups is 1. The van der Waals surface area contributed by atoms with Crippen molar-refractivity contribution < 1.29 is 19.7 Å². The fourth-order valence-corrected chi connectivity index (χ4v) is 4.09. The van der Waals surface area contributed by atoms with Crippen molar-refractivity contribution in [2.45, 2.75) is 51.3 Å². The van der Waals surface area contributed by atoms with E-state index in [4.69, 9.17) is 9.47 Å². The smallest absolute Gasteiger partial charge is 0.163 e. The van der Waals surface area contributed by atoms with Crippen LogP contribution in [0.1, 0.15) is 43.0 Å². The average molecular weight is 321 g/mol. The van der Waals surface area contributed by atoms with Gasteiger partial charge in [0.15, 0.2) is 11.5 Å². The Kier molecular flexibility index (Phi) is 4.29. The summed E-state index contributed by atoms with van der Waals surface area (Å²) in [6, 6.07) is 2.04. The highest BCUT2D eigenvalue weighted by Gasteiger charge is 2.41. The van der Waals surface area contributed by atoms with Crippen LogP contribution in [0.2, 0.25) is 0 Å². The highest BCUT2D eigenvalue weighted by atomic mass is 16.5. The second-order valence-corrected chi connectivity index (χ2v) is 7.41. The quantitative estimate of drug-likeness (QED) is 0.795. The topological polar surface area (TPSA) is 71.0 Å². The van der Waals surface area contributed by atoms with Crippen LogP contribution in [0.15, 0.2) is 6.07 Å². The zero-order chi connectivity index (χ0) is 16.8. The molecule has 1 fully saturated rings. The van der Waals surface area contributed by atoms with E-state index in [2.05, 4.69) is 25.2 Å². The molecule has 3 rings (SSSR count). The Balaban J connectivity index is 2.05. The summed E-state index contributed by atoms with van der Waals surface area (Å²) in [7, 11) is 1.58. The molecule has 0 aromatic heterocycles. The molecule has 3 atom stereocenters. The van der Waals surface area contributed by atoms with Gasteiger partial charge in [-0.05, 0) is 44.7 Å². The van der Waals surface area contributed by atoms with E-state index in [-0.39, 0.29) is 36.0 Å². The van der Waals surface area contributed by atoms with Crippen LogP contribution in [0.5, 0.6) is 11.5 Å². The van der Waals surface area contributed by atoms with E-state index in [1.165, 1.54) is 0 Å². The van der Waals surface area contributed by atoms with Gasteiger partial charge >= 0.3 is 0 Å². The van der Waals surface area contributed by atoms with E-state index >= 15 is 0 Å². The van der Waals surface area contributed by atoms with Crippen LogP contribution < -0.4 is 10.1 Å². The first-order chi connectivity index (χ1) is 10.9. The van der Waals surface area contributed by atoms with Gasteiger partial charge in [0, 0.05) is 23.6 Å². The van der Waals surface area contributed by atoms with Gasteiger partial charge in [0.25, 0.3) is 0 Å². The maximum atomic E-state index is 10.8. The number of phenols is 1. The van der Waals surface area contributed by atoms with Crippen molar-refractivity contribution >= 4 is 0 Å². The molecule has 5 heteroatoms. The molecule has 23 heavy (non-hydrogen) atoms. The van der Waals surface area contributed by atoms with E-state index in [0.29, 0.717) is 18.8 Å². The Morgan fingerprint density at radius 2 is 2.17 bits per heavy atom. The highest BCUT2D eigenvalue weighted by Crippen LogP contribution is 2.47. The average Bonchev–Trinajstić information content (AvgIpc) is 2.86. The van der Waals surface area contributed by atoms with Crippen LogP contribution in [0.25, 0.3) is 0 Å². The maximum absolute atomic E-state index is 10.8. The Bertz CT molecular complexity index is 599. The van der Waals surface area contributed by atoms with Gasteiger partial charge in [-0.1, -0.05) is 6.07 Å². The third kappa shape index (κ3) is 2.93. The van der Waals surface area contributed by atoms with Crippen molar-refractivity contribution in [2.24, 2.45) is 5.92 Å². The zero-order valence-electron chi connectivity index (χ0n) is 14.3. The first kappa shape index (κ1) is 16.6. The summed E-state index contributed by atoms with van der Waals surface area (Å²) in [4.78, 5) is 0. The van der Waals surface area contributed by atoms with E-state index in [9.17, 15) is 10.2 Å². The van der Waals surface area contributed by atoms with Crippen LogP contribution in [0.4, 0.5) is 0 Å². The molecule has 0 aliphatic carbocycles. The molecule has 1 aromatic carbocycles. The molecule has 2 aliphatic heterocycles. The molecule has 0 saturated carbocycles.